The summed E-state index contributed by atoms with van der Waals surface area (Å²) in [5.74, 6) is 0. The molecule has 110 valence electrons. The van der Waals surface area contributed by atoms with E-state index >= 15 is 0 Å². The van der Waals surface area contributed by atoms with Crippen LogP contribution in [-0.4, -0.2) is 17.2 Å². The lowest BCUT2D eigenvalue weighted by molar-refractivity contribution is 0.600. The molecule has 0 atom stereocenters. The highest BCUT2D eigenvalue weighted by Crippen LogP contribution is 2.33. The molecule has 0 aliphatic heterocycles. The number of halogens is 1. The predicted molar refractivity (Wildman–Crippen MR) is 85.4 cm³/mol. The quantitative estimate of drug-likeness (QED) is 0.745. The molecular formula is C11H9ClN4O2S3. The molecule has 0 radical (unpaired) electrons. The standard InChI is InChI=1S/C11H9ClN4O2S3/c12-6-1-2-7-11(15-20-14-7)10(6)16-21(17,18)9-3-4-19-8(9)5-13/h1-4,16H,5,13H2. The van der Waals surface area contributed by atoms with Crippen LogP contribution in [-0.2, 0) is 16.6 Å². The Morgan fingerprint density at radius 2 is 2.10 bits per heavy atom. The molecule has 10 heteroatoms. The van der Waals surface area contributed by atoms with Gasteiger partial charge in [-0.1, -0.05) is 11.6 Å². The second-order valence-corrected chi connectivity index (χ2v) is 7.66. The maximum Gasteiger partial charge on any atom is 0.263 e. The predicted octanol–water partition coefficient (Wildman–Crippen LogP) is 2.67. The number of nitrogens with one attached hydrogen (secondary N) is 1. The molecule has 2 aromatic heterocycles. The molecule has 21 heavy (non-hydrogen) atoms. The average Bonchev–Trinajstić information content (AvgIpc) is 3.10. The molecule has 3 aromatic rings. The van der Waals surface area contributed by atoms with Gasteiger partial charge >= 0.3 is 0 Å². The highest BCUT2D eigenvalue weighted by atomic mass is 35.5. The lowest BCUT2D eigenvalue weighted by Gasteiger charge is -2.10. The van der Waals surface area contributed by atoms with E-state index in [1.165, 1.54) is 17.4 Å². The topological polar surface area (TPSA) is 98.0 Å². The number of hydrogen-bond acceptors (Lipinski definition) is 7. The minimum Gasteiger partial charge on any atom is -0.326 e. The molecule has 3 rings (SSSR count). The third kappa shape index (κ3) is 2.62. The third-order valence-corrected chi connectivity index (χ3v) is 6.16. The maximum absolute atomic E-state index is 12.5. The summed E-state index contributed by atoms with van der Waals surface area (Å²) in [5, 5.41) is 1.95. The second-order valence-electron chi connectivity index (χ2n) is 4.07. The molecule has 2 heterocycles. The van der Waals surface area contributed by atoms with Gasteiger partial charge in [0.1, 0.15) is 15.9 Å². The van der Waals surface area contributed by atoms with E-state index in [9.17, 15) is 8.42 Å². The summed E-state index contributed by atoms with van der Waals surface area (Å²) < 4.78 is 35.6. The van der Waals surface area contributed by atoms with Gasteiger partial charge in [0.2, 0.25) is 0 Å². The van der Waals surface area contributed by atoms with Crippen molar-refractivity contribution in [3.8, 4) is 0 Å². The molecule has 0 amide bonds. The van der Waals surface area contributed by atoms with E-state index in [4.69, 9.17) is 17.3 Å². The van der Waals surface area contributed by atoms with Crippen LogP contribution in [0.15, 0.2) is 28.5 Å². The molecule has 0 unspecified atom stereocenters. The van der Waals surface area contributed by atoms with E-state index in [1.807, 2.05) is 0 Å². The van der Waals surface area contributed by atoms with Gasteiger partial charge in [-0.15, -0.1) is 11.3 Å². The number of hydrogen-bond donors (Lipinski definition) is 2. The van der Waals surface area contributed by atoms with Crippen LogP contribution in [0.4, 0.5) is 5.69 Å². The Bertz CT molecular complexity index is 903. The van der Waals surface area contributed by atoms with Gasteiger partial charge in [-0.3, -0.25) is 4.72 Å². The van der Waals surface area contributed by atoms with Gasteiger partial charge in [0.25, 0.3) is 10.0 Å². The second kappa shape index (κ2) is 5.50. The van der Waals surface area contributed by atoms with E-state index in [2.05, 4.69) is 13.5 Å². The molecule has 0 bridgehead atoms. The summed E-state index contributed by atoms with van der Waals surface area (Å²) >= 11 is 8.38. The number of nitrogens with zero attached hydrogens (tertiary/aromatic N) is 2. The van der Waals surface area contributed by atoms with Gasteiger partial charge < -0.3 is 5.73 Å². The number of sulfonamides is 1. The molecule has 1 aromatic carbocycles. The fourth-order valence-electron chi connectivity index (χ4n) is 1.83. The van der Waals surface area contributed by atoms with Crippen molar-refractivity contribution in [3.63, 3.8) is 0 Å². The van der Waals surface area contributed by atoms with Crippen molar-refractivity contribution in [2.75, 3.05) is 4.72 Å². The van der Waals surface area contributed by atoms with Crippen molar-refractivity contribution in [2.24, 2.45) is 5.73 Å². The monoisotopic (exact) mass is 360 g/mol. The van der Waals surface area contributed by atoms with Crippen molar-refractivity contribution in [1.29, 1.82) is 0 Å². The first-order valence-electron chi connectivity index (χ1n) is 5.73. The number of fused-ring (bicyclic) bond motifs is 1. The first kappa shape index (κ1) is 14.7. The van der Waals surface area contributed by atoms with Gasteiger partial charge in [-0.05, 0) is 23.6 Å². The smallest absolute Gasteiger partial charge is 0.263 e. The van der Waals surface area contributed by atoms with Crippen LogP contribution in [0.2, 0.25) is 5.02 Å². The molecule has 3 N–H and O–H groups in total. The van der Waals surface area contributed by atoms with Crippen LogP contribution >= 0.6 is 34.7 Å². The number of aromatic nitrogens is 2. The first-order chi connectivity index (χ1) is 10.0. The van der Waals surface area contributed by atoms with Gasteiger partial charge in [0, 0.05) is 11.4 Å². The minimum absolute atomic E-state index is 0.157. The van der Waals surface area contributed by atoms with Gasteiger partial charge in [-0.25, -0.2) is 8.42 Å². The molecule has 0 fully saturated rings. The maximum atomic E-state index is 12.5. The molecule has 0 saturated heterocycles. The first-order valence-corrected chi connectivity index (χ1v) is 9.20. The largest absolute Gasteiger partial charge is 0.326 e. The summed E-state index contributed by atoms with van der Waals surface area (Å²) in [5.41, 5.74) is 6.81. The Balaban J connectivity index is 2.09. The Labute approximate surface area is 133 Å². The minimum atomic E-state index is -3.77. The summed E-state index contributed by atoms with van der Waals surface area (Å²) in [6.45, 7) is 0.157. The molecule has 0 saturated carbocycles. The number of nitrogens with two attached hydrogens (primary N) is 1. The van der Waals surface area contributed by atoms with Crippen molar-refractivity contribution < 1.29 is 8.42 Å². The van der Waals surface area contributed by atoms with Crippen molar-refractivity contribution in [1.82, 2.24) is 8.75 Å². The molecule has 6 nitrogen and oxygen atoms in total. The van der Waals surface area contributed by atoms with Crippen LogP contribution in [0.5, 0.6) is 0 Å². The number of anilines is 1. The Kier molecular flexibility index (Phi) is 3.84. The molecule has 0 spiro atoms. The lowest BCUT2D eigenvalue weighted by Crippen LogP contribution is -2.15. The zero-order valence-electron chi connectivity index (χ0n) is 10.4. The molecular weight excluding hydrogens is 352 g/mol. The fourth-order valence-corrected chi connectivity index (χ4v) is 5.05. The van der Waals surface area contributed by atoms with Crippen LogP contribution in [0.3, 0.4) is 0 Å². The fraction of sp³-hybridized carbons (Fsp3) is 0.0909. The van der Waals surface area contributed by atoms with Crippen molar-refractivity contribution in [2.45, 2.75) is 11.4 Å². The van der Waals surface area contributed by atoms with E-state index in [-0.39, 0.29) is 22.2 Å². The Morgan fingerprint density at radius 1 is 1.29 bits per heavy atom. The highest BCUT2D eigenvalue weighted by molar-refractivity contribution is 7.93. The molecule has 0 aliphatic rings. The number of benzene rings is 1. The number of rotatable bonds is 4. The summed E-state index contributed by atoms with van der Waals surface area (Å²) in [6.07, 6.45) is 0. The normalized spacial score (nSPS) is 11.9. The lowest BCUT2D eigenvalue weighted by atomic mass is 10.3. The van der Waals surface area contributed by atoms with E-state index in [1.54, 1.807) is 17.5 Å². The molecule has 0 aliphatic carbocycles. The van der Waals surface area contributed by atoms with E-state index in [0.29, 0.717) is 15.9 Å². The van der Waals surface area contributed by atoms with Gasteiger partial charge in [-0.2, -0.15) is 8.75 Å². The van der Waals surface area contributed by atoms with Crippen LogP contribution < -0.4 is 10.5 Å². The van der Waals surface area contributed by atoms with Gasteiger partial charge in [0.05, 0.1) is 22.4 Å². The van der Waals surface area contributed by atoms with Crippen LogP contribution in [0, 0.1) is 0 Å². The highest BCUT2D eigenvalue weighted by Gasteiger charge is 2.22. The van der Waals surface area contributed by atoms with E-state index < -0.39 is 10.0 Å². The summed E-state index contributed by atoms with van der Waals surface area (Å²) in [6, 6.07) is 4.79. The SMILES string of the molecule is NCc1sccc1S(=O)(=O)Nc1c(Cl)ccc2nsnc12. The number of thiophene rings is 1. The van der Waals surface area contributed by atoms with Crippen molar-refractivity contribution in [3.05, 3.63) is 33.5 Å². The third-order valence-electron chi connectivity index (χ3n) is 2.79. The van der Waals surface area contributed by atoms with Crippen molar-refractivity contribution >= 4 is 61.4 Å². The zero-order chi connectivity index (χ0) is 15.0. The van der Waals surface area contributed by atoms with Gasteiger partial charge in [0.15, 0.2) is 0 Å². The Hall–Kier alpha value is -1.26. The Morgan fingerprint density at radius 3 is 2.86 bits per heavy atom. The summed E-state index contributed by atoms with van der Waals surface area (Å²) in [4.78, 5) is 0.744. The van der Waals surface area contributed by atoms with Crippen LogP contribution in [0.1, 0.15) is 4.88 Å². The van der Waals surface area contributed by atoms with Crippen LogP contribution in [0.25, 0.3) is 11.0 Å². The van der Waals surface area contributed by atoms with E-state index in [0.717, 1.165) is 11.7 Å². The average molecular weight is 361 g/mol. The zero-order valence-corrected chi connectivity index (χ0v) is 13.6. The summed E-state index contributed by atoms with van der Waals surface area (Å²) in [7, 11) is -3.77.